The second-order valence-corrected chi connectivity index (χ2v) is 8.42. The second-order valence-electron chi connectivity index (χ2n) is 7.50. The van der Waals surface area contributed by atoms with Crippen LogP contribution in [-0.4, -0.2) is 21.6 Å². The third-order valence-corrected chi connectivity index (χ3v) is 6.00. The summed E-state index contributed by atoms with van der Waals surface area (Å²) in [5.74, 6) is -0.435. The van der Waals surface area contributed by atoms with Gasteiger partial charge in [-0.25, -0.2) is 9.18 Å². The molecule has 4 aromatic rings. The number of benzene rings is 2. The predicted octanol–water partition coefficient (Wildman–Crippen LogP) is 3.76. The first-order valence-electron chi connectivity index (χ1n) is 10.4. The van der Waals surface area contributed by atoms with Crippen molar-refractivity contribution in [3.05, 3.63) is 91.7 Å². The van der Waals surface area contributed by atoms with E-state index < -0.39 is 23.0 Å². The first-order valence-corrected chi connectivity index (χ1v) is 11.2. The lowest BCUT2D eigenvalue weighted by atomic mass is 10.2. The van der Waals surface area contributed by atoms with E-state index in [1.165, 1.54) is 28.0 Å². The molecule has 7 nitrogen and oxygen atoms in total. The van der Waals surface area contributed by atoms with Gasteiger partial charge in [0, 0.05) is 0 Å². The summed E-state index contributed by atoms with van der Waals surface area (Å²) in [7, 11) is 0. The Morgan fingerprint density at radius 2 is 1.85 bits per heavy atom. The van der Waals surface area contributed by atoms with E-state index in [1.807, 2.05) is 6.92 Å². The Morgan fingerprint density at radius 1 is 1.09 bits per heavy atom. The van der Waals surface area contributed by atoms with Crippen LogP contribution in [0.4, 0.5) is 10.1 Å². The number of nitrogens with one attached hydrogen (secondary N) is 1. The Morgan fingerprint density at radius 3 is 2.55 bits per heavy atom. The fourth-order valence-electron chi connectivity index (χ4n) is 3.52. The highest BCUT2D eigenvalue weighted by Crippen LogP contribution is 2.18. The average molecular weight is 468 g/mol. The zero-order valence-corrected chi connectivity index (χ0v) is 18.9. The topological polar surface area (TPSA) is 82.3 Å². The molecule has 0 atom stereocenters. The highest BCUT2D eigenvalue weighted by Gasteiger charge is 2.17. The fourth-order valence-corrected chi connectivity index (χ4v) is 4.36. The van der Waals surface area contributed by atoms with Crippen molar-refractivity contribution in [2.75, 3.05) is 11.9 Å². The van der Waals surface area contributed by atoms with E-state index in [1.54, 1.807) is 48.7 Å². The summed E-state index contributed by atoms with van der Waals surface area (Å²) in [4.78, 5) is 38.9. The van der Waals surface area contributed by atoms with Crippen LogP contribution in [0.3, 0.4) is 0 Å². The molecule has 0 saturated carbocycles. The van der Waals surface area contributed by atoms with Crippen LogP contribution < -0.4 is 21.3 Å². The van der Waals surface area contributed by atoms with E-state index in [-0.39, 0.29) is 18.8 Å². The van der Waals surface area contributed by atoms with E-state index >= 15 is 0 Å². The number of rotatable bonds is 7. The summed E-state index contributed by atoms with van der Waals surface area (Å²) in [6.07, 6.45) is 0. The molecule has 2 heterocycles. The Balaban J connectivity index is 1.67. The Kier molecular flexibility index (Phi) is 6.41. The predicted molar refractivity (Wildman–Crippen MR) is 127 cm³/mol. The summed E-state index contributed by atoms with van der Waals surface area (Å²) < 4.78 is 22.3. The molecule has 0 aliphatic carbocycles. The zero-order valence-electron chi connectivity index (χ0n) is 18.1. The summed E-state index contributed by atoms with van der Waals surface area (Å²) in [6, 6.07) is 13.2. The average Bonchev–Trinajstić information content (AvgIpc) is 3.28. The molecular weight excluding hydrogens is 445 g/mol. The van der Waals surface area contributed by atoms with Crippen molar-refractivity contribution in [3.63, 3.8) is 0 Å². The molecule has 0 spiro atoms. The Labute approximate surface area is 192 Å². The Bertz CT molecular complexity index is 1440. The molecule has 2 aromatic carbocycles. The molecule has 170 valence electrons. The molecule has 1 N–H and O–H groups in total. The summed E-state index contributed by atoms with van der Waals surface area (Å²) in [5, 5.41) is 4.20. The first kappa shape index (κ1) is 22.5. The maximum Gasteiger partial charge on any atom is 0.332 e. The van der Waals surface area contributed by atoms with E-state index in [0.717, 1.165) is 15.7 Å². The van der Waals surface area contributed by atoms with E-state index in [2.05, 4.69) is 5.32 Å². The second kappa shape index (κ2) is 9.41. The van der Waals surface area contributed by atoms with Crippen LogP contribution in [0.2, 0.25) is 0 Å². The van der Waals surface area contributed by atoms with Crippen LogP contribution in [0, 0.1) is 12.7 Å². The number of amides is 1. The first-order chi connectivity index (χ1) is 15.9. The lowest BCUT2D eigenvalue weighted by molar-refractivity contribution is -0.116. The number of carbonyl (C=O) groups is 1. The monoisotopic (exact) mass is 467 g/mol. The van der Waals surface area contributed by atoms with E-state index in [9.17, 15) is 18.8 Å². The number of halogens is 1. The molecule has 0 aliphatic rings. The molecule has 0 unspecified atom stereocenters. The fraction of sp³-hybridized carbons (Fsp3) is 0.208. The van der Waals surface area contributed by atoms with Crippen molar-refractivity contribution in [2.24, 2.45) is 0 Å². The molecule has 1 amide bonds. The van der Waals surface area contributed by atoms with Crippen molar-refractivity contribution in [1.82, 2.24) is 9.13 Å². The number of hydrogen-bond donors (Lipinski definition) is 1. The molecule has 0 radical (unpaired) electrons. The third kappa shape index (κ3) is 4.73. The summed E-state index contributed by atoms with van der Waals surface area (Å²) in [5.41, 5.74) is 0.842. The lowest BCUT2D eigenvalue weighted by Gasteiger charge is -2.13. The van der Waals surface area contributed by atoms with Gasteiger partial charge in [-0.3, -0.25) is 18.7 Å². The minimum Gasteiger partial charge on any atom is -0.494 e. The number of nitrogens with zero attached hydrogens (tertiary/aromatic N) is 2. The number of fused-ring (bicyclic) bond motifs is 1. The maximum atomic E-state index is 14.1. The van der Waals surface area contributed by atoms with E-state index in [0.29, 0.717) is 22.6 Å². The van der Waals surface area contributed by atoms with Gasteiger partial charge in [0.2, 0.25) is 5.91 Å². The van der Waals surface area contributed by atoms with Gasteiger partial charge in [-0.2, -0.15) is 0 Å². The van der Waals surface area contributed by atoms with Crippen molar-refractivity contribution in [2.45, 2.75) is 26.9 Å². The third-order valence-electron chi connectivity index (χ3n) is 5.11. The maximum absolute atomic E-state index is 14.1. The van der Waals surface area contributed by atoms with Gasteiger partial charge in [-0.15, -0.1) is 11.3 Å². The number of ether oxygens (including phenoxy) is 1. The van der Waals surface area contributed by atoms with Gasteiger partial charge in [-0.05, 0) is 60.7 Å². The largest absolute Gasteiger partial charge is 0.494 e. The number of hydrogen-bond acceptors (Lipinski definition) is 5. The standard InChI is InChI=1S/C24H22FN3O4S/c1-3-32-17-7-5-16(6-8-17)13-28-23(30)22-20(10-11-33-22)27(24(28)31)14-21(29)26-19-9-4-15(2)12-18(19)25/h4-12H,3,13-14H2,1-2H3,(H,26,29). The van der Waals surface area contributed by atoms with Crippen LogP contribution in [0.15, 0.2) is 63.5 Å². The van der Waals surface area contributed by atoms with Crippen LogP contribution >= 0.6 is 11.3 Å². The Hall–Kier alpha value is -3.72. The van der Waals surface area contributed by atoms with Crippen LogP contribution in [-0.2, 0) is 17.9 Å². The molecule has 2 aromatic heterocycles. The van der Waals surface area contributed by atoms with E-state index in [4.69, 9.17) is 4.74 Å². The molecule has 0 fully saturated rings. The van der Waals surface area contributed by atoms with Gasteiger partial charge >= 0.3 is 5.69 Å². The smallest absolute Gasteiger partial charge is 0.332 e. The van der Waals surface area contributed by atoms with Gasteiger partial charge in [0.1, 0.15) is 22.8 Å². The highest BCUT2D eigenvalue weighted by atomic mass is 32.1. The minimum absolute atomic E-state index is 0.0305. The number of thiophene rings is 1. The number of anilines is 1. The molecule has 0 bridgehead atoms. The highest BCUT2D eigenvalue weighted by molar-refractivity contribution is 7.17. The quantitative estimate of drug-likeness (QED) is 0.449. The normalized spacial score (nSPS) is 11.0. The van der Waals surface area contributed by atoms with Crippen LogP contribution in [0.1, 0.15) is 18.1 Å². The van der Waals surface area contributed by atoms with Crippen molar-refractivity contribution < 1.29 is 13.9 Å². The molecular formula is C24H22FN3O4S. The molecule has 0 saturated heterocycles. The van der Waals surface area contributed by atoms with Gasteiger partial charge < -0.3 is 10.1 Å². The van der Waals surface area contributed by atoms with Gasteiger partial charge in [0.15, 0.2) is 0 Å². The molecule has 4 rings (SSSR count). The number of carbonyl (C=O) groups excluding carboxylic acids is 1. The number of aromatic nitrogens is 2. The molecule has 33 heavy (non-hydrogen) atoms. The molecule has 9 heteroatoms. The summed E-state index contributed by atoms with van der Waals surface area (Å²) >= 11 is 1.20. The van der Waals surface area contributed by atoms with Crippen molar-refractivity contribution in [1.29, 1.82) is 0 Å². The van der Waals surface area contributed by atoms with Crippen LogP contribution in [0.5, 0.6) is 5.75 Å². The molecule has 0 aliphatic heterocycles. The summed E-state index contributed by atoms with van der Waals surface area (Å²) in [6.45, 7) is 3.85. The number of aryl methyl sites for hydroxylation is 1. The van der Waals surface area contributed by atoms with Crippen molar-refractivity contribution in [3.8, 4) is 5.75 Å². The lowest BCUT2D eigenvalue weighted by Crippen LogP contribution is -2.41. The zero-order chi connectivity index (χ0) is 23.5. The van der Waals surface area contributed by atoms with Crippen molar-refractivity contribution >= 4 is 33.1 Å². The minimum atomic E-state index is -0.612. The van der Waals surface area contributed by atoms with Gasteiger partial charge in [0.25, 0.3) is 5.56 Å². The van der Waals surface area contributed by atoms with Gasteiger partial charge in [-0.1, -0.05) is 18.2 Å². The SMILES string of the molecule is CCOc1ccc(Cn2c(=O)c3sccc3n(CC(=O)Nc3ccc(C)cc3F)c2=O)cc1. The van der Waals surface area contributed by atoms with Gasteiger partial charge in [0.05, 0.1) is 24.4 Å². The van der Waals surface area contributed by atoms with Crippen LogP contribution in [0.25, 0.3) is 10.2 Å².